The average molecular weight is 441 g/mol. The van der Waals surface area contributed by atoms with E-state index >= 15 is 0 Å². The first-order valence-corrected chi connectivity index (χ1v) is 12.4. The summed E-state index contributed by atoms with van der Waals surface area (Å²) in [5.74, 6) is -0.626. The molecule has 0 aromatic heterocycles. The highest BCUT2D eigenvalue weighted by molar-refractivity contribution is 7.90. The lowest BCUT2D eigenvalue weighted by molar-refractivity contribution is -0.122. The Morgan fingerprint density at radius 3 is 2.61 bits per heavy atom. The van der Waals surface area contributed by atoms with Gasteiger partial charge in [-0.3, -0.25) is 4.79 Å². The van der Waals surface area contributed by atoms with Crippen molar-refractivity contribution < 1.29 is 17.6 Å². The third kappa shape index (κ3) is 4.70. The first kappa shape index (κ1) is 21.7. The van der Waals surface area contributed by atoms with Crippen molar-refractivity contribution in [3.8, 4) is 17.2 Å². The zero-order valence-corrected chi connectivity index (χ0v) is 18.2. The summed E-state index contributed by atoms with van der Waals surface area (Å²) >= 11 is 0. The summed E-state index contributed by atoms with van der Waals surface area (Å²) in [6, 6.07) is 13.5. The number of sulfone groups is 1. The van der Waals surface area contributed by atoms with Crippen LogP contribution in [0.3, 0.4) is 0 Å². The van der Waals surface area contributed by atoms with Crippen LogP contribution in [0.4, 0.5) is 4.39 Å². The van der Waals surface area contributed by atoms with Gasteiger partial charge in [0.2, 0.25) is 0 Å². The van der Waals surface area contributed by atoms with Crippen molar-refractivity contribution >= 4 is 15.6 Å². The Kier molecular flexibility index (Phi) is 5.96. The fourth-order valence-electron chi connectivity index (χ4n) is 4.81. The largest absolute Gasteiger partial charge is 0.304 e. The van der Waals surface area contributed by atoms with Crippen molar-refractivity contribution in [3.63, 3.8) is 0 Å². The van der Waals surface area contributed by atoms with E-state index in [0.717, 1.165) is 25.5 Å². The number of halogens is 1. The van der Waals surface area contributed by atoms with Gasteiger partial charge in [0.05, 0.1) is 22.9 Å². The molecule has 2 aromatic rings. The van der Waals surface area contributed by atoms with Gasteiger partial charge < -0.3 is 5.32 Å². The lowest BCUT2D eigenvalue weighted by atomic mass is 9.88. The molecule has 162 valence electrons. The van der Waals surface area contributed by atoms with Crippen LogP contribution in [0.25, 0.3) is 11.1 Å². The number of nitrogens with zero attached hydrogens (tertiary/aromatic N) is 1. The molecule has 2 aliphatic rings. The van der Waals surface area contributed by atoms with Gasteiger partial charge in [-0.15, -0.1) is 0 Å². The minimum Gasteiger partial charge on any atom is -0.304 e. The van der Waals surface area contributed by atoms with E-state index in [1.807, 2.05) is 0 Å². The number of benzene rings is 2. The maximum atomic E-state index is 14.8. The minimum atomic E-state index is -3.36. The zero-order chi connectivity index (χ0) is 22.2. The van der Waals surface area contributed by atoms with Crippen LogP contribution in [0.1, 0.15) is 31.2 Å². The molecule has 2 bridgehead atoms. The van der Waals surface area contributed by atoms with Gasteiger partial charge in [-0.05, 0) is 66.5 Å². The molecule has 4 atom stereocenters. The number of fused-ring (bicyclic) bond motifs is 2. The van der Waals surface area contributed by atoms with Gasteiger partial charge in [0.25, 0.3) is 0 Å². The lowest BCUT2D eigenvalue weighted by Crippen LogP contribution is -2.42. The van der Waals surface area contributed by atoms with E-state index in [1.54, 1.807) is 24.3 Å². The average Bonchev–Trinajstić information content (AvgIpc) is 3.37. The quantitative estimate of drug-likeness (QED) is 0.710. The maximum Gasteiger partial charge on any atom is 0.175 e. The summed E-state index contributed by atoms with van der Waals surface area (Å²) in [7, 11) is -3.36. The van der Waals surface area contributed by atoms with Crippen molar-refractivity contribution in [1.82, 2.24) is 5.32 Å². The normalized spacial score (nSPS) is 23.5. The fraction of sp³-hybridized carbons (Fsp3) is 0.417. The molecule has 0 spiro atoms. The number of Topliss-reactive ketones (excluding diaryl/α,β-unsaturated/α-hetero) is 1. The van der Waals surface area contributed by atoms with Crippen molar-refractivity contribution in [3.05, 3.63) is 53.8 Å². The van der Waals surface area contributed by atoms with Crippen molar-refractivity contribution in [1.29, 1.82) is 5.26 Å². The number of hydrogen-bond donors (Lipinski definition) is 1. The van der Waals surface area contributed by atoms with Crippen LogP contribution < -0.4 is 5.32 Å². The van der Waals surface area contributed by atoms with Gasteiger partial charge in [-0.25, -0.2) is 12.8 Å². The predicted molar refractivity (Wildman–Crippen MR) is 115 cm³/mol. The van der Waals surface area contributed by atoms with E-state index in [0.29, 0.717) is 28.7 Å². The second-order valence-electron chi connectivity index (χ2n) is 8.72. The Morgan fingerprint density at radius 2 is 2.00 bits per heavy atom. The number of rotatable bonds is 7. The third-order valence-corrected chi connectivity index (χ3v) is 7.56. The zero-order valence-electron chi connectivity index (χ0n) is 17.3. The number of nitrogens with one attached hydrogen (secondary N) is 1. The molecule has 0 unspecified atom stereocenters. The van der Waals surface area contributed by atoms with Gasteiger partial charge in [0, 0.05) is 18.7 Å². The Balaban J connectivity index is 1.46. The highest BCUT2D eigenvalue weighted by Crippen LogP contribution is 2.36. The maximum absolute atomic E-state index is 14.8. The van der Waals surface area contributed by atoms with E-state index in [2.05, 4.69) is 11.4 Å². The SMILES string of the molecule is CS(=O)(=O)c1cccc(-c2ccc(C[C@@H](C#N)CC(=O)[C@H]3N[C@@H]4CC[C@H]3C4)c(F)c2)c1. The molecular formula is C24H25FN2O3S. The second kappa shape index (κ2) is 8.52. The van der Waals surface area contributed by atoms with Gasteiger partial charge in [0.1, 0.15) is 5.82 Å². The van der Waals surface area contributed by atoms with E-state index in [-0.39, 0.29) is 29.6 Å². The number of carbonyl (C=O) groups excluding carboxylic acids is 1. The molecule has 1 heterocycles. The molecule has 2 fully saturated rings. The number of hydrogen-bond acceptors (Lipinski definition) is 5. The third-order valence-electron chi connectivity index (χ3n) is 6.45. The van der Waals surface area contributed by atoms with Gasteiger partial charge in [0.15, 0.2) is 15.6 Å². The van der Waals surface area contributed by atoms with Crippen LogP contribution in [0, 0.1) is 29.0 Å². The molecule has 0 amide bonds. The number of piperidine rings is 1. The Labute approximate surface area is 182 Å². The Hall–Kier alpha value is -2.56. The van der Waals surface area contributed by atoms with Crippen LogP contribution in [0.5, 0.6) is 0 Å². The van der Waals surface area contributed by atoms with Crippen LogP contribution in [-0.4, -0.2) is 32.5 Å². The summed E-state index contributed by atoms with van der Waals surface area (Å²) < 4.78 is 38.4. The summed E-state index contributed by atoms with van der Waals surface area (Å²) in [5, 5.41) is 12.9. The second-order valence-corrected chi connectivity index (χ2v) is 10.7. The molecule has 5 nitrogen and oxygen atoms in total. The first-order chi connectivity index (χ1) is 14.7. The van der Waals surface area contributed by atoms with Crippen LogP contribution >= 0.6 is 0 Å². The van der Waals surface area contributed by atoms with Crippen molar-refractivity contribution in [2.24, 2.45) is 11.8 Å². The van der Waals surface area contributed by atoms with E-state index in [4.69, 9.17) is 0 Å². The number of carbonyl (C=O) groups is 1. The molecule has 1 aliphatic heterocycles. The molecule has 1 saturated heterocycles. The lowest BCUT2D eigenvalue weighted by Gasteiger charge is -2.22. The smallest absolute Gasteiger partial charge is 0.175 e. The molecular weight excluding hydrogens is 415 g/mol. The van der Waals surface area contributed by atoms with Crippen molar-refractivity contribution in [2.75, 3.05) is 6.26 Å². The number of nitriles is 1. The topological polar surface area (TPSA) is 87.0 Å². The first-order valence-electron chi connectivity index (χ1n) is 10.5. The van der Waals surface area contributed by atoms with E-state index < -0.39 is 21.6 Å². The molecule has 1 saturated carbocycles. The van der Waals surface area contributed by atoms with E-state index in [9.17, 15) is 22.9 Å². The Bertz CT molecular complexity index is 1160. The molecule has 0 radical (unpaired) electrons. The Morgan fingerprint density at radius 1 is 1.23 bits per heavy atom. The summed E-state index contributed by atoms with van der Waals surface area (Å²) in [6.45, 7) is 0. The molecule has 31 heavy (non-hydrogen) atoms. The molecule has 7 heteroatoms. The van der Waals surface area contributed by atoms with Crippen LogP contribution in [-0.2, 0) is 21.1 Å². The summed E-state index contributed by atoms with van der Waals surface area (Å²) in [5.41, 5.74) is 1.54. The van der Waals surface area contributed by atoms with Gasteiger partial charge in [-0.1, -0.05) is 24.3 Å². The van der Waals surface area contributed by atoms with Gasteiger partial charge >= 0.3 is 0 Å². The minimum absolute atomic E-state index is 0.0494. The molecule has 1 aliphatic carbocycles. The van der Waals surface area contributed by atoms with Crippen molar-refractivity contribution in [2.45, 2.75) is 49.1 Å². The van der Waals surface area contributed by atoms with Crippen LogP contribution in [0.2, 0.25) is 0 Å². The highest BCUT2D eigenvalue weighted by Gasteiger charge is 2.42. The molecule has 2 aromatic carbocycles. The monoisotopic (exact) mass is 440 g/mol. The number of ketones is 1. The molecule has 1 N–H and O–H groups in total. The summed E-state index contributed by atoms with van der Waals surface area (Å²) in [4.78, 5) is 12.8. The standard InChI is InChI=1S/C24H25FN2O3S/c1-31(29,30)21-4-2-3-16(12-21)17-5-6-18(22(25)13-17)9-15(14-26)10-23(28)24-19-7-8-20(11-19)27-24/h2-6,12-13,15,19-20,24,27H,7-11H2,1H3/t15-,19+,20-,24+/m1/s1. The molecule has 4 rings (SSSR count). The van der Waals surface area contributed by atoms with Gasteiger partial charge in [-0.2, -0.15) is 5.26 Å². The van der Waals surface area contributed by atoms with E-state index in [1.165, 1.54) is 18.2 Å². The fourth-order valence-corrected chi connectivity index (χ4v) is 5.48. The van der Waals surface area contributed by atoms with Crippen LogP contribution in [0.15, 0.2) is 47.4 Å². The highest BCUT2D eigenvalue weighted by atomic mass is 32.2. The summed E-state index contributed by atoms with van der Waals surface area (Å²) in [6.07, 6.45) is 4.62. The predicted octanol–water partition coefficient (Wildman–Crippen LogP) is 3.68.